The van der Waals surface area contributed by atoms with E-state index < -0.39 is 6.43 Å². The first-order valence-corrected chi connectivity index (χ1v) is 7.99. The zero-order valence-electron chi connectivity index (χ0n) is 12.8. The lowest BCUT2D eigenvalue weighted by molar-refractivity contribution is 0.151. The lowest BCUT2D eigenvalue weighted by Crippen LogP contribution is -2.36. The van der Waals surface area contributed by atoms with Crippen molar-refractivity contribution in [3.8, 4) is 0 Å². The molecule has 1 aromatic rings. The zero-order valence-corrected chi connectivity index (χ0v) is 12.8. The Morgan fingerprint density at radius 2 is 1.86 bits per heavy atom. The smallest absolute Gasteiger partial charge is 0.263 e. The maximum absolute atomic E-state index is 12.6. The van der Waals surface area contributed by atoms with Crippen LogP contribution in [-0.2, 0) is 6.54 Å². The molecule has 21 heavy (non-hydrogen) atoms. The molecule has 1 aromatic carbocycles. The lowest BCUT2D eigenvalue weighted by Gasteiger charge is -2.30. The summed E-state index contributed by atoms with van der Waals surface area (Å²) in [6.07, 6.45) is 1.23. The maximum atomic E-state index is 12.6. The fraction of sp³-hybridized carbons (Fsp3) is 0.647. The summed E-state index contributed by atoms with van der Waals surface area (Å²) in [7, 11) is 0. The van der Waals surface area contributed by atoms with Crippen molar-refractivity contribution in [1.82, 2.24) is 10.2 Å². The molecule has 0 amide bonds. The van der Waals surface area contributed by atoms with Crippen LogP contribution in [0.3, 0.4) is 0 Å². The summed E-state index contributed by atoms with van der Waals surface area (Å²) in [4.78, 5) is 2.47. The standard InChI is InChI=1S/C17H26F2N2/c1-2-11-21(13-15-7-9-20-10-8-15)12-14-3-5-16(6-4-14)17(18)19/h3-6,15,17,20H,2,7-13H2,1H3. The number of hydrogen-bond acceptors (Lipinski definition) is 2. The summed E-state index contributed by atoms with van der Waals surface area (Å²) >= 11 is 0. The van der Waals surface area contributed by atoms with E-state index in [1.165, 1.54) is 12.8 Å². The Labute approximate surface area is 126 Å². The van der Waals surface area contributed by atoms with Crippen LogP contribution in [0.5, 0.6) is 0 Å². The van der Waals surface area contributed by atoms with Gasteiger partial charge in [0, 0.05) is 18.7 Å². The van der Waals surface area contributed by atoms with Crippen LogP contribution < -0.4 is 5.32 Å². The Morgan fingerprint density at radius 1 is 1.19 bits per heavy atom. The molecule has 0 bridgehead atoms. The van der Waals surface area contributed by atoms with E-state index in [0.29, 0.717) is 0 Å². The molecule has 1 aliphatic heterocycles. The lowest BCUT2D eigenvalue weighted by atomic mass is 9.97. The Kier molecular flexibility index (Phi) is 6.58. The van der Waals surface area contributed by atoms with E-state index >= 15 is 0 Å². The zero-order chi connectivity index (χ0) is 15.1. The van der Waals surface area contributed by atoms with Crippen molar-refractivity contribution in [2.75, 3.05) is 26.2 Å². The highest BCUT2D eigenvalue weighted by Crippen LogP contribution is 2.20. The van der Waals surface area contributed by atoms with E-state index in [2.05, 4.69) is 17.1 Å². The maximum Gasteiger partial charge on any atom is 0.263 e. The molecule has 1 aliphatic rings. The highest BCUT2D eigenvalue weighted by molar-refractivity contribution is 5.23. The molecule has 118 valence electrons. The first kappa shape index (κ1) is 16.4. The summed E-state index contributed by atoms with van der Waals surface area (Å²) < 4.78 is 25.1. The molecular weight excluding hydrogens is 270 g/mol. The van der Waals surface area contributed by atoms with Crippen LogP contribution in [0.2, 0.25) is 0 Å². The third-order valence-electron chi connectivity index (χ3n) is 4.15. The monoisotopic (exact) mass is 296 g/mol. The van der Waals surface area contributed by atoms with Gasteiger partial charge in [-0.25, -0.2) is 8.78 Å². The van der Waals surface area contributed by atoms with E-state index in [9.17, 15) is 8.78 Å². The Hall–Kier alpha value is -1.00. The van der Waals surface area contributed by atoms with Crippen LogP contribution in [0.1, 0.15) is 43.7 Å². The van der Waals surface area contributed by atoms with Crippen LogP contribution in [0, 0.1) is 5.92 Å². The van der Waals surface area contributed by atoms with Gasteiger partial charge in [0.05, 0.1) is 0 Å². The third-order valence-corrected chi connectivity index (χ3v) is 4.15. The van der Waals surface area contributed by atoms with E-state index in [0.717, 1.165) is 50.6 Å². The van der Waals surface area contributed by atoms with Gasteiger partial charge in [0.15, 0.2) is 0 Å². The van der Waals surface area contributed by atoms with E-state index in [1.54, 1.807) is 12.1 Å². The van der Waals surface area contributed by atoms with Crippen LogP contribution >= 0.6 is 0 Å². The molecule has 0 saturated carbocycles. The fourth-order valence-corrected chi connectivity index (χ4v) is 3.01. The van der Waals surface area contributed by atoms with Crippen LogP contribution in [0.4, 0.5) is 8.78 Å². The average molecular weight is 296 g/mol. The van der Waals surface area contributed by atoms with Gasteiger partial charge in [-0.15, -0.1) is 0 Å². The van der Waals surface area contributed by atoms with Crippen molar-refractivity contribution >= 4 is 0 Å². The number of benzene rings is 1. The molecular formula is C17H26F2N2. The largest absolute Gasteiger partial charge is 0.317 e. The summed E-state index contributed by atoms with van der Waals surface area (Å²) in [5.74, 6) is 0.762. The molecule has 2 nitrogen and oxygen atoms in total. The predicted molar refractivity (Wildman–Crippen MR) is 82.6 cm³/mol. The van der Waals surface area contributed by atoms with Crippen molar-refractivity contribution < 1.29 is 8.78 Å². The van der Waals surface area contributed by atoms with Crippen molar-refractivity contribution in [3.63, 3.8) is 0 Å². The van der Waals surface area contributed by atoms with Gasteiger partial charge in [0.1, 0.15) is 0 Å². The van der Waals surface area contributed by atoms with Crippen molar-refractivity contribution in [2.45, 2.75) is 39.2 Å². The van der Waals surface area contributed by atoms with E-state index in [4.69, 9.17) is 0 Å². The number of piperidine rings is 1. The van der Waals surface area contributed by atoms with Gasteiger partial charge in [-0.3, -0.25) is 4.90 Å². The van der Waals surface area contributed by atoms with Gasteiger partial charge in [0.25, 0.3) is 6.43 Å². The van der Waals surface area contributed by atoms with Crippen molar-refractivity contribution in [2.24, 2.45) is 5.92 Å². The summed E-state index contributed by atoms with van der Waals surface area (Å²) in [5.41, 5.74) is 1.24. The van der Waals surface area contributed by atoms with Gasteiger partial charge in [0.2, 0.25) is 0 Å². The van der Waals surface area contributed by atoms with E-state index in [-0.39, 0.29) is 5.56 Å². The Morgan fingerprint density at radius 3 is 2.43 bits per heavy atom. The second-order valence-electron chi connectivity index (χ2n) is 5.97. The van der Waals surface area contributed by atoms with Gasteiger partial charge in [-0.2, -0.15) is 0 Å². The Balaban J connectivity index is 1.91. The van der Waals surface area contributed by atoms with Crippen molar-refractivity contribution in [3.05, 3.63) is 35.4 Å². The van der Waals surface area contributed by atoms with Crippen LogP contribution in [0.15, 0.2) is 24.3 Å². The number of alkyl halides is 2. The van der Waals surface area contributed by atoms with Crippen LogP contribution in [0.25, 0.3) is 0 Å². The molecule has 1 heterocycles. The summed E-state index contributed by atoms with van der Waals surface area (Å²) in [6, 6.07) is 6.78. The van der Waals surface area contributed by atoms with Crippen LogP contribution in [-0.4, -0.2) is 31.1 Å². The molecule has 4 heteroatoms. The molecule has 0 aliphatic carbocycles. The number of hydrogen-bond donors (Lipinski definition) is 1. The highest BCUT2D eigenvalue weighted by Gasteiger charge is 2.17. The number of rotatable bonds is 7. The van der Waals surface area contributed by atoms with Crippen molar-refractivity contribution in [1.29, 1.82) is 0 Å². The SMILES string of the molecule is CCCN(Cc1ccc(C(F)F)cc1)CC1CCNCC1. The second kappa shape index (κ2) is 8.44. The normalized spacial score (nSPS) is 16.8. The topological polar surface area (TPSA) is 15.3 Å². The quantitative estimate of drug-likeness (QED) is 0.822. The molecule has 2 rings (SSSR count). The molecule has 1 saturated heterocycles. The second-order valence-corrected chi connectivity index (χ2v) is 5.97. The molecule has 0 unspecified atom stereocenters. The minimum atomic E-state index is -2.37. The first-order chi connectivity index (χ1) is 10.2. The number of nitrogens with zero attached hydrogens (tertiary/aromatic N) is 1. The van der Waals surface area contributed by atoms with Gasteiger partial charge in [-0.1, -0.05) is 31.2 Å². The summed E-state index contributed by atoms with van der Waals surface area (Å²) in [6.45, 7) is 7.48. The molecule has 0 radical (unpaired) electrons. The average Bonchev–Trinajstić information content (AvgIpc) is 2.49. The predicted octanol–water partition coefficient (Wildman–Crippen LogP) is 3.84. The molecule has 0 spiro atoms. The van der Waals surface area contributed by atoms with Gasteiger partial charge < -0.3 is 5.32 Å². The number of halogens is 2. The van der Waals surface area contributed by atoms with E-state index in [1.807, 2.05) is 12.1 Å². The minimum absolute atomic E-state index is 0.110. The minimum Gasteiger partial charge on any atom is -0.317 e. The Bertz CT molecular complexity index is 400. The van der Waals surface area contributed by atoms with Gasteiger partial charge in [-0.05, 0) is 50.4 Å². The van der Waals surface area contributed by atoms with Gasteiger partial charge >= 0.3 is 0 Å². The highest BCUT2D eigenvalue weighted by atomic mass is 19.3. The molecule has 0 atom stereocenters. The first-order valence-electron chi connectivity index (χ1n) is 7.99. The third kappa shape index (κ3) is 5.36. The summed E-state index contributed by atoms with van der Waals surface area (Å²) in [5, 5.41) is 3.40. The molecule has 1 N–H and O–H groups in total. The molecule has 1 fully saturated rings. The fourth-order valence-electron chi connectivity index (χ4n) is 3.01. The number of nitrogens with one attached hydrogen (secondary N) is 1. The molecule has 0 aromatic heterocycles.